The van der Waals surface area contributed by atoms with Gasteiger partial charge in [-0.25, -0.2) is 0 Å². The standard InChI is InChI=1S/C13H19NOS/c15-13(11-6-7-11)10-14-8-9-16-12-4-2-1-3-5-12/h1-5,11,13-15H,6-10H2. The van der Waals surface area contributed by atoms with Gasteiger partial charge in [0.2, 0.25) is 0 Å². The molecule has 88 valence electrons. The molecule has 0 saturated heterocycles. The number of aliphatic hydroxyl groups is 1. The highest BCUT2D eigenvalue weighted by Crippen LogP contribution is 2.32. The lowest BCUT2D eigenvalue weighted by molar-refractivity contribution is 0.150. The van der Waals surface area contributed by atoms with Crippen LogP contribution in [0.25, 0.3) is 0 Å². The van der Waals surface area contributed by atoms with E-state index in [2.05, 4.69) is 29.6 Å². The second-order valence-corrected chi connectivity index (χ2v) is 5.44. The highest BCUT2D eigenvalue weighted by molar-refractivity contribution is 7.99. The third-order valence-electron chi connectivity index (χ3n) is 2.81. The third-order valence-corrected chi connectivity index (χ3v) is 3.82. The molecule has 2 N–H and O–H groups in total. The van der Waals surface area contributed by atoms with Gasteiger partial charge in [0.1, 0.15) is 0 Å². The minimum atomic E-state index is -0.123. The first-order valence-corrected chi connectivity index (χ1v) is 6.91. The van der Waals surface area contributed by atoms with Crippen molar-refractivity contribution < 1.29 is 5.11 Å². The minimum absolute atomic E-state index is 0.123. The van der Waals surface area contributed by atoms with E-state index in [4.69, 9.17) is 0 Å². The maximum absolute atomic E-state index is 9.64. The smallest absolute Gasteiger partial charge is 0.0692 e. The summed E-state index contributed by atoms with van der Waals surface area (Å²) in [5.74, 6) is 1.63. The maximum Gasteiger partial charge on any atom is 0.0692 e. The van der Waals surface area contributed by atoms with Gasteiger partial charge in [0, 0.05) is 23.7 Å². The number of benzene rings is 1. The average molecular weight is 237 g/mol. The van der Waals surface area contributed by atoms with Crippen LogP contribution < -0.4 is 5.32 Å². The van der Waals surface area contributed by atoms with Gasteiger partial charge in [-0.15, -0.1) is 11.8 Å². The van der Waals surface area contributed by atoms with Crippen LogP contribution in [0, 0.1) is 5.92 Å². The molecule has 16 heavy (non-hydrogen) atoms. The van der Waals surface area contributed by atoms with E-state index in [0.29, 0.717) is 5.92 Å². The van der Waals surface area contributed by atoms with E-state index in [1.807, 2.05) is 17.8 Å². The summed E-state index contributed by atoms with van der Waals surface area (Å²) < 4.78 is 0. The van der Waals surface area contributed by atoms with Crippen molar-refractivity contribution in [2.24, 2.45) is 5.92 Å². The number of hydrogen-bond acceptors (Lipinski definition) is 3. The van der Waals surface area contributed by atoms with Crippen LogP contribution in [0.2, 0.25) is 0 Å². The zero-order valence-electron chi connectivity index (χ0n) is 9.43. The summed E-state index contributed by atoms with van der Waals surface area (Å²) in [5, 5.41) is 12.9. The Kier molecular flexibility index (Phi) is 4.69. The van der Waals surface area contributed by atoms with E-state index in [1.165, 1.54) is 17.7 Å². The largest absolute Gasteiger partial charge is 0.392 e. The highest BCUT2D eigenvalue weighted by atomic mass is 32.2. The van der Waals surface area contributed by atoms with Gasteiger partial charge in [0.25, 0.3) is 0 Å². The molecular formula is C13H19NOS. The molecule has 0 aliphatic heterocycles. The molecule has 0 heterocycles. The van der Waals surface area contributed by atoms with Crippen molar-refractivity contribution in [3.8, 4) is 0 Å². The third kappa shape index (κ3) is 4.16. The van der Waals surface area contributed by atoms with E-state index >= 15 is 0 Å². The summed E-state index contributed by atoms with van der Waals surface area (Å²) in [6, 6.07) is 10.4. The fourth-order valence-electron chi connectivity index (χ4n) is 1.66. The van der Waals surface area contributed by atoms with Gasteiger partial charge >= 0.3 is 0 Å². The lowest BCUT2D eigenvalue weighted by Crippen LogP contribution is -2.29. The molecule has 0 spiro atoms. The summed E-state index contributed by atoms with van der Waals surface area (Å²) in [4.78, 5) is 1.31. The van der Waals surface area contributed by atoms with Crippen LogP contribution in [-0.4, -0.2) is 30.1 Å². The molecule has 1 unspecified atom stereocenters. The Morgan fingerprint density at radius 1 is 1.31 bits per heavy atom. The van der Waals surface area contributed by atoms with Gasteiger partial charge < -0.3 is 10.4 Å². The van der Waals surface area contributed by atoms with Gasteiger partial charge in [0.05, 0.1) is 6.10 Å². The number of aliphatic hydroxyl groups excluding tert-OH is 1. The molecule has 0 aromatic heterocycles. The minimum Gasteiger partial charge on any atom is -0.392 e. The van der Waals surface area contributed by atoms with Crippen LogP contribution in [0.4, 0.5) is 0 Å². The summed E-state index contributed by atoms with van der Waals surface area (Å²) in [6.07, 6.45) is 2.30. The zero-order chi connectivity index (χ0) is 11.2. The molecule has 2 nitrogen and oxygen atoms in total. The Morgan fingerprint density at radius 3 is 2.75 bits per heavy atom. The maximum atomic E-state index is 9.64. The van der Waals surface area contributed by atoms with Crippen LogP contribution in [0.15, 0.2) is 35.2 Å². The molecule has 1 fully saturated rings. The Labute approximate surface area is 101 Å². The molecule has 0 radical (unpaired) electrons. The number of thioether (sulfide) groups is 1. The second kappa shape index (κ2) is 6.28. The van der Waals surface area contributed by atoms with Crippen molar-refractivity contribution in [2.45, 2.75) is 23.8 Å². The van der Waals surface area contributed by atoms with E-state index in [9.17, 15) is 5.11 Å². The first-order valence-electron chi connectivity index (χ1n) is 5.93. The van der Waals surface area contributed by atoms with Gasteiger partial charge in [0.15, 0.2) is 0 Å². The van der Waals surface area contributed by atoms with Crippen molar-refractivity contribution >= 4 is 11.8 Å². The van der Waals surface area contributed by atoms with Crippen LogP contribution in [0.5, 0.6) is 0 Å². The first kappa shape index (κ1) is 12.0. The topological polar surface area (TPSA) is 32.3 Å². The van der Waals surface area contributed by atoms with E-state index in [-0.39, 0.29) is 6.10 Å². The van der Waals surface area contributed by atoms with Crippen LogP contribution in [0.3, 0.4) is 0 Å². The van der Waals surface area contributed by atoms with Gasteiger partial charge in [-0.2, -0.15) is 0 Å². The molecule has 0 amide bonds. The van der Waals surface area contributed by atoms with Gasteiger partial charge in [-0.3, -0.25) is 0 Å². The highest BCUT2D eigenvalue weighted by Gasteiger charge is 2.28. The SMILES string of the molecule is OC(CNCCSc1ccccc1)C1CC1. The molecular weight excluding hydrogens is 218 g/mol. The number of hydrogen-bond donors (Lipinski definition) is 2. The average Bonchev–Trinajstić information content (AvgIpc) is 3.13. The summed E-state index contributed by atoms with van der Waals surface area (Å²) in [7, 11) is 0. The number of rotatable bonds is 7. The first-order chi connectivity index (χ1) is 7.86. The van der Waals surface area contributed by atoms with Crippen molar-refractivity contribution in [3.05, 3.63) is 30.3 Å². The van der Waals surface area contributed by atoms with Gasteiger partial charge in [-0.05, 0) is 30.9 Å². The predicted octanol–water partition coefficient (Wildman–Crippen LogP) is 2.14. The van der Waals surface area contributed by atoms with Crippen molar-refractivity contribution in [1.82, 2.24) is 5.32 Å². The predicted molar refractivity (Wildman–Crippen MR) is 68.8 cm³/mol. The summed E-state index contributed by atoms with van der Waals surface area (Å²) in [5.41, 5.74) is 0. The molecule has 3 heteroatoms. The number of nitrogens with one attached hydrogen (secondary N) is 1. The summed E-state index contributed by atoms with van der Waals surface area (Å²) >= 11 is 1.85. The molecule has 0 bridgehead atoms. The van der Waals surface area contributed by atoms with Crippen molar-refractivity contribution in [1.29, 1.82) is 0 Å². The normalized spacial score (nSPS) is 17.3. The summed E-state index contributed by atoms with van der Waals surface area (Å²) in [6.45, 7) is 1.71. The lowest BCUT2D eigenvalue weighted by Gasteiger charge is -2.10. The van der Waals surface area contributed by atoms with Gasteiger partial charge in [-0.1, -0.05) is 18.2 Å². The fraction of sp³-hybridized carbons (Fsp3) is 0.538. The van der Waals surface area contributed by atoms with Crippen LogP contribution >= 0.6 is 11.8 Å². The molecule has 1 aliphatic carbocycles. The molecule has 2 rings (SSSR count). The fourth-order valence-corrected chi connectivity index (χ4v) is 2.49. The van der Waals surface area contributed by atoms with E-state index in [0.717, 1.165) is 18.8 Å². The van der Waals surface area contributed by atoms with Crippen molar-refractivity contribution in [3.63, 3.8) is 0 Å². The quantitative estimate of drug-likeness (QED) is 0.563. The van der Waals surface area contributed by atoms with E-state index in [1.54, 1.807) is 0 Å². The molecule has 1 saturated carbocycles. The monoisotopic (exact) mass is 237 g/mol. The Bertz CT molecular complexity index is 300. The second-order valence-electron chi connectivity index (χ2n) is 4.27. The molecule has 1 aliphatic rings. The van der Waals surface area contributed by atoms with Crippen molar-refractivity contribution in [2.75, 3.05) is 18.8 Å². The van der Waals surface area contributed by atoms with Crippen LogP contribution in [0.1, 0.15) is 12.8 Å². The molecule has 1 aromatic rings. The Morgan fingerprint density at radius 2 is 2.06 bits per heavy atom. The lowest BCUT2D eigenvalue weighted by atomic mass is 10.2. The Balaban J connectivity index is 1.52. The molecule has 1 aromatic carbocycles. The molecule has 1 atom stereocenters. The zero-order valence-corrected chi connectivity index (χ0v) is 10.2. The van der Waals surface area contributed by atoms with E-state index < -0.39 is 0 Å². The Hall–Kier alpha value is -0.510. The van der Waals surface area contributed by atoms with Crippen LogP contribution in [-0.2, 0) is 0 Å².